The number of oxime groups is 1. The molecule has 0 radical (unpaired) electrons. The Morgan fingerprint density at radius 3 is 2.32 bits per heavy atom. The third kappa shape index (κ3) is 2.41. The standard InChI is InChI=1S/C13H24N4O2/c1-17(2)12(5-3-4-6-12)9-15-11(18)13(7-8-13)10(14)16-19/h19H,3-9H2,1-2H3,(H2,14,16)(H,15,18). The number of hydrogen-bond donors (Lipinski definition) is 3. The molecule has 108 valence electrons. The van der Waals surface area contributed by atoms with Gasteiger partial charge in [-0.2, -0.15) is 0 Å². The van der Waals surface area contributed by atoms with E-state index in [4.69, 9.17) is 10.9 Å². The molecule has 2 rings (SSSR count). The second kappa shape index (κ2) is 5.00. The first kappa shape index (κ1) is 14.1. The van der Waals surface area contributed by atoms with E-state index in [1.165, 1.54) is 12.8 Å². The molecule has 0 atom stereocenters. The predicted octanol–water partition coefficient (Wildman–Crippen LogP) is 0.504. The number of rotatable bonds is 5. The van der Waals surface area contributed by atoms with Crippen LogP contribution in [0.4, 0.5) is 0 Å². The Morgan fingerprint density at radius 1 is 1.32 bits per heavy atom. The lowest BCUT2D eigenvalue weighted by atomic mass is 9.95. The number of nitrogens with zero attached hydrogens (tertiary/aromatic N) is 2. The maximum atomic E-state index is 12.2. The van der Waals surface area contributed by atoms with Crippen molar-refractivity contribution < 1.29 is 10.0 Å². The van der Waals surface area contributed by atoms with Crippen molar-refractivity contribution in [3.05, 3.63) is 0 Å². The van der Waals surface area contributed by atoms with Crippen LogP contribution in [0.15, 0.2) is 5.16 Å². The van der Waals surface area contributed by atoms with Crippen LogP contribution in [0.25, 0.3) is 0 Å². The third-order valence-corrected chi connectivity index (χ3v) is 4.84. The second-order valence-electron chi connectivity index (χ2n) is 6.08. The van der Waals surface area contributed by atoms with Crippen LogP contribution < -0.4 is 11.1 Å². The van der Waals surface area contributed by atoms with Gasteiger partial charge in [0.25, 0.3) is 0 Å². The normalized spacial score (nSPS) is 24.5. The van der Waals surface area contributed by atoms with Gasteiger partial charge in [-0.05, 0) is 39.8 Å². The molecular weight excluding hydrogens is 244 g/mol. The molecule has 0 unspecified atom stereocenters. The second-order valence-corrected chi connectivity index (χ2v) is 6.08. The van der Waals surface area contributed by atoms with Gasteiger partial charge in [0.1, 0.15) is 5.41 Å². The zero-order valence-electron chi connectivity index (χ0n) is 11.8. The Kier molecular flexibility index (Phi) is 3.71. The molecule has 1 amide bonds. The molecule has 0 heterocycles. The van der Waals surface area contributed by atoms with E-state index in [0.29, 0.717) is 19.4 Å². The summed E-state index contributed by atoms with van der Waals surface area (Å²) < 4.78 is 0. The fourth-order valence-corrected chi connectivity index (χ4v) is 3.05. The summed E-state index contributed by atoms with van der Waals surface area (Å²) in [6.45, 7) is 0.638. The van der Waals surface area contributed by atoms with Crippen molar-refractivity contribution in [2.24, 2.45) is 16.3 Å². The molecule has 2 aliphatic rings. The van der Waals surface area contributed by atoms with E-state index in [2.05, 4.69) is 29.5 Å². The van der Waals surface area contributed by atoms with Crippen LogP contribution in [0.1, 0.15) is 38.5 Å². The number of nitrogens with two attached hydrogens (primary N) is 1. The maximum Gasteiger partial charge on any atom is 0.234 e. The van der Waals surface area contributed by atoms with Gasteiger partial charge < -0.3 is 21.2 Å². The molecule has 2 fully saturated rings. The third-order valence-electron chi connectivity index (χ3n) is 4.84. The van der Waals surface area contributed by atoms with Crippen molar-refractivity contribution in [2.75, 3.05) is 20.6 Å². The van der Waals surface area contributed by atoms with E-state index >= 15 is 0 Å². The molecule has 2 aliphatic carbocycles. The summed E-state index contributed by atoms with van der Waals surface area (Å²) >= 11 is 0. The highest BCUT2D eigenvalue weighted by Crippen LogP contribution is 2.46. The van der Waals surface area contributed by atoms with Gasteiger partial charge in [-0.25, -0.2) is 0 Å². The summed E-state index contributed by atoms with van der Waals surface area (Å²) in [7, 11) is 4.13. The summed E-state index contributed by atoms with van der Waals surface area (Å²) in [5.41, 5.74) is 4.94. The smallest absolute Gasteiger partial charge is 0.234 e. The largest absolute Gasteiger partial charge is 0.409 e. The first-order valence-electron chi connectivity index (χ1n) is 6.91. The van der Waals surface area contributed by atoms with Gasteiger partial charge in [0, 0.05) is 12.1 Å². The molecule has 0 aliphatic heterocycles. The zero-order valence-corrected chi connectivity index (χ0v) is 11.8. The molecule has 6 nitrogen and oxygen atoms in total. The number of amides is 1. The maximum absolute atomic E-state index is 12.2. The lowest BCUT2D eigenvalue weighted by Crippen LogP contribution is -2.53. The summed E-state index contributed by atoms with van der Waals surface area (Å²) in [5.74, 6) is -0.0637. The Labute approximate surface area is 114 Å². The highest BCUT2D eigenvalue weighted by molar-refractivity contribution is 6.09. The van der Waals surface area contributed by atoms with Crippen LogP contribution in [-0.2, 0) is 4.79 Å². The van der Waals surface area contributed by atoms with Gasteiger partial charge in [0.05, 0.1) is 0 Å². The SMILES string of the molecule is CN(C)C1(CNC(=O)C2(C(N)=NO)CC2)CCCC1. The van der Waals surface area contributed by atoms with Crippen molar-refractivity contribution in [2.45, 2.75) is 44.1 Å². The number of amidine groups is 1. The quantitative estimate of drug-likeness (QED) is 0.293. The highest BCUT2D eigenvalue weighted by atomic mass is 16.4. The average molecular weight is 268 g/mol. The number of nitrogens with one attached hydrogen (secondary N) is 1. The Morgan fingerprint density at radius 2 is 1.89 bits per heavy atom. The molecule has 0 aromatic heterocycles. The lowest BCUT2D eigenvalue weighted by molar-refractivity contribution is -0.124. The Hall–Kier alpha value is -1.30. The molecule has 0 spiro atoms. The van der Waals surface area contributed by atoms with E-state index in [0.717, 1.165) is 12.8 Å². The van der Waals surface area contributed by atoms with Gasteiger partial charge in [0.15, 0.2) is 5.84 Å². The molecule has 0 aromatic rings. The van der Waals surface area contributed by atoms with Crippen LogP contribution >= 0.6 is 0 Å². The van der Waals surface area contributed by atoms with E-state index in [1.807, 2.05) is 0 Å². The molecule has 0 bridgehead atoms. The fraction of sp³-hybridized carbons (Fsp3) is 0.846. The van der Waals surface area contributed by atoms with E-state index in [9.17, 15) is 4.79 Å². The summed E-state index contributed by atoms with van der Waals surface area (Å²) in [6, 6.07) is 0. The summed E-state index contributed by atoms with van der Waals surface area (Å²) in [5, 5.41) is 14.8. The van der Waals surface area contributed by atoms with Crippen LogP contribution in [0.5, 0.6) is 0 Å². The number of hydrogen-bond acceptors (Lipinski definition) is 4. The van der Waals surface area contributed by atoms with Crippen molar-refractivity contribution >= 4 is 11.7 Å². The molecule has 4 N–H and O–H groups in total. The minimum Gasteiger partial charge on any atom is -0.409 e. The average Bonchev–Trinajstić information content (AvgIpc) is 3.07. The number of likely N-dealkylation sites (N-methyl/N-ethyl adjacent to an activating group) is 1. The van der Waals surface area contributed by atoms with Crippen molar-refractivity contribution in [1.82, 2.24) is 10.2 Å². The van der Waals surface area contributed by atoms with E-state index in [-0.39, 0.29) is 17.3 Å². The fourth-order valence-electron chi connectivity index (χ4n) is 3.05. The minimum absolute atomic E-state index is 0.0373. The van der Waals surface area contributed by atoms with E-state index in [1.54, 1.807) is 0 Å². The van der Waals surface area contributed by atoms with Crippen LogP contribution in [-0.4, -0.2) is 48.0 Å². The van der Waals surface area contributed by atoms with Crippen molar-refractivity contribution in [1.29, 1.82) is 0 Å². The van der Waals surface area contributed by atoms with Crippen LogP contribution in [0.2, 0.25) is 0 Å². The molecule has 2 saturated carbocycles. The molecule has 19 heavy (non-hydrogen) atoms. The zero-order chi connectivity index (χ0) is 14.1. The summed E-state index contributed by atoms with van der Waals surface area (Å²) in [4.78, 5) is 14.5. The Bertz CT molecular complexity index is 382. The van der Waals surface area contributed by atoms with Crippen LogP contribution in [0.3, 0.4) is 0 Å². The first-order valence-corrected chi connectivity index (χ1v) is 6.91. The van der Waals surface area contributed by atoms with Crippen molar-refractivity contribution in [3.8, 4) is 0 Å². The van der Waals surface area contributed by atoms with Gasteiger partial charge in [0.2, 0.25) is 5.91 Å². The van der Waals surface area contributed by atoms with Crippen molar-refractivity contribution in [3.63, 3.8) is 0 Å². The van der Waals surface area contributed by atoms with Gasteiger partial charge >= 0.3 is 0 Å². The monoisotopic (exact) mass is 268 g/mol. The molecule has 6 heteroatoms. The van der Waals surface area contributed by atoms with Gasteiger partial charge in [-0.3, -0.25) is 4.79 Å². The number of carbonyl (C=O) groups excluding carboxylic acids is 1. The Balaban J connectivity index is 1.97. The minimum atomic E-state index is -0.749. The highest BCUT2D eigenvalue weighted by Gasteiger charge is 2.54. The van der Waals surface area contributed by atoms with Crippen LogP contribution in [0, 0.1) is 5.41 Å². The first-order chi connectivity index (χ1) is 8.97. The van der Waals surface area contributed by atoms with E-state index < -0.39 is 5.41 Å². The molecule has 0 saturated heterocycles. The topological polar surface area (TPSA) is 91.0 Å². The lowest BCUT2D eigenvalue weighted by Gasteiger charge is -2.36. The number of carbonyl (C=O) groups is 1. The molecular formula is C13H24N4O2. The van der Waals surface area contributed by atoms with Gasteiger partial charge in [-0.1, -0.05) is 18.0 Å². The summed E-state index contributed by atoms with van der Waals surface area (Å²) in [6.07, 6.45) is 5.97. The molecule has 0 aromatic carbocycles. The predicted molar refractivity (Wildman–Crippen MR) is 73.0 cm³/mol. The van der Waals surface area contributed by atoms with Gasteiger partial charge in [-0.15, -0.1) is 0 Å².